The fourth-order valence-electron chi connectivity index (χ4n) is 1.25. The lowest BCUT2D eigenvalue weighted by molar-refractivity contribution is 0.927. The number of anilines is 1. The summed E-state index contributed by atoms with van der Waals surface area (Å²) in [6.45, 7) is 6.47. The van der Waals surface area contributed by atoms with Crippen LogP contribution in [0, 0.1) is 0 Å². The molecule has 0 saturated heterocycles. The van der Waals surface area contributed by atoms with Gasteiger partial charge in [0.05, 0.1) is 15.9 Å². The molecule has 1 aromatic rings. The van der Waals surface area contributed by atoms with E-state index in [4.69, 9.17) is 0 Å². The van der Waals surface area contributed by atoms with Crippen molar-refractivity contribution in [3.63, 3.8) is 0 Å². The maximum atomic E-state index is 4.55. The molecule has 0 spiro atoms. The normalized spacial score (nSPS) is 10.9. The number of hydrogen-bond donors (Lipinski definition) is 1. The van der Waals surface area contributed by atoms with E-state index in [0.717, 1.165) is 34.0 Å². The predicted octanol–water partition coefficient (Wildman–Crippen LogP) is 3.48. The maximum absolute atomic E-state index is 4.55. The van der Waals surface area contributed by atoms with Crippen LogP contribution in [0.2, 0.25) is 0 Å². The van der Waals surface area contributed by atoms with Gasteiger partial charge in [0.1, 0.15) is 11.6 Å². The van der Waals surface area contributed by atoms with Crippen LogP contribution in [0.4, 0.5) is 5.82 Å². The molecule has 0 aliphatic heterocycles. The summed E-state index contributed by atoms with van der Waals surface area (Å²) >= 11 is 5.38. The third kappa shape index (κ3) is 3.63. The Morgan fingerprint density at radius 1 is 1.38 bits per heavy atom. The zero-order valence-electron chi connectivity index (χ0n) is 10.2. The van der Waals surface area contributed by atoms with Gasteiger partial charge in [0, 0.05) is 7.05 Å². The summed E-state index contributed by atoms with van der Waals surface area (Å²) in [6.07, 6.45) is 0.914. The topological polar surface area (TPSA) is 37.8 Å². The summed E-state index contributed by atoms with van der Waals surface area (Å²) in [6, 6.07) is 0. The summed E-state index contributed by atoms with van der Waals surface area (Å²) in [4.78, 5) is 9.03. The van der Waals surface area contributed by atoms with Crippen molar-refractivity contribution in [2.45, 2.75) is 38.2 Å². The molecule has 5 heteroatoms. The minimum atomic E-state index is 0.607. The van der Waals surface area contributed by atoms with Crippen molar-refractivity contribution in [2.24, 2.45) is 0 Å². The molecule has 16 heavy (non-hydrogen) atoms. The van der Waals surface area contributed by atoms with Crippen LogP contribution in [0.5, 0.6) is 0 Å². The molecule has 0 saturated carbocycles. The minimum Gasteiger partial charge on any atom is -0.372 e. The number of nitrogens with one attached hydrogen (secondary N) is 1. The summed E-state index contributed by atoms with van der Waals surface area (Å²) in [5, 5.41) is 3.70. The molecule has 1 N–H and O–H groups in total. The highest BCUT2D eigenvalue weighted by Crippen LogP contribution is 2.25. The smallest absolute Gasteiger partial charge is 0.144 e. The molecule has 0 amide bonds. The number of halogens is 1. The molecule has 0 unspecified atom stereocenters. The molecule has 3 nitrogen and oxygen atoms in total. The van der Waals surface area contributed by atoms with Gasteiger partial charge < -0.3 is 5.32 Å². The lowest BCUT2D eigenvalue weighted by atomic mass is 10.3. The van der Waals surface area contributed by atoms with Gasteiger partial charge >= 0.3 is 0 Å². The van der Waals surface area contributed by atoms with Crippen molar-refractivity contribution in [1.82, 2.24) is 9.97 Å². The van der Waals surface area contributed by atoms with Crippen molar-refractivity contribution >= 4 is 33.5 Å². The van der Waals surface area contributed by atoms with Crippen LogP contribution in [0.15, 0.2) is 4.47 Å². The number of aromatic nitrogens is 2. The summed E-state index contributed by atoms with van der Waals surface area (Å²) in [7, 11) is 1.88. The SMILES string of the molecule is CCc1nc(CSC(C)C)nc(NC)c1Br. The van der Waals surface area contributed by atoms with E-state index in [1.807, 2.05) is 18.8 Å². The fraction of sp³-hybridized carbons (Fsp3) is 0.636. The Hall–Kier alpha value is -0.290. The van der Waals surface area contributed by atoms with Gasteiger partial charge in [-0.25, -0.2) is 9.97 Å². The maximum Gasteiger partial charge on any atom is 0.144 e. The number of nitrogens with zero attached hydrogens (tertiary/aromatic N) is 2. The third-order valence-electron chi connectivity index (χ3n) is 2.08. The van der Waals surface area contributed by atoms with Gasteiger partial charge in [0.2, 0.25) is 0 Å². The monoisotopic (exact) mass is 303 g/mol. The zero-order valence-corrected chi connectivity index (χ0v) is 12.6. The molecule has 0 atom stereocenters. The number of thioether (sulfide) groups is 1. The zero-order chi connectivity index (χ0) is 12.1. The molecule has 0 aromatic carbocycles. The first kappa shape index (κ1) is 13.8. The van der Waals surface area contributed by atoms with Crippen molar-refractivity contribution in [3.05, 3.63) is 16.0 Å². The lowest BCUT2D eigenvalue weighted by Gasteiger charge is -2.10. The molecular formula is C11H18BrN3S. The van der Waals surface area contributed by atoms with E-state index < -0.39 is 0 Å². The average Bonchev–Trinajstić information content (AvgIpc) is 2.27. The standard InChI is InChI=1S/C11H18BrN3S/c1-5-8-10(12)11(13-4)15-9(14-8)6-16-7(2)3/h7H,5-6H2,1-4H3,(H,13,14,15). The van der Waals surface area contributed by atoms with Crippen LogP contribution in [0.1, 0.15) is 32.3 Å². The molecular weight excluding hydrogens is 286 g/mol. The Bertz CT molecular complexity index is 330. The Morgan fingerprint density at radius 2 is 2.06 bits per heavy atom. The highest BCUT2D eigenvalue weighted by atomic mass is 79.9. The van der Waals surface area contributed by atoms with Gasteiger partial charge in [0.25, 0.3) is 0 Å². The van der Waals surface area contributed by atoms with Gasteiger partial charge in [-0.05, 0) is 27.6 Å². The van der Waals surface area contributed by atoms with Crippen LogP contribution in [0.3, 0.4) is 0 Å². The Morgan fingerprint density at radius 3 is 2.56 bits per heavy atom. The van der Waals surface area contributed by atoms with E-state index in [1.165, 1.54) is 0 Å². The first-order valence-corrected chi connectivity index (χ1v) is 7.27. The van der Waals surface area contributed by atoms with Crippen LogP contribution in [-0.4, -0.2) is 22.3 Å². The number of hydrogen-bond acceptors (Lipinski definition) is 4. The highest BCUT2D eigenvalue weighted by molar-refractivity contribution is 9.10. The first-order chi connectivity index (χ1) is 7.58. The van der Waals surface area contributed by atoms with Gasteiger partial charge in [-0.15, -0.1) is 0 Å². The van der Waals surface area contributed by atoms with Gasteiger partial charge in [-0.2, -0.15) is 11.8 Å². The average molecular weight is 304 g/mol. The van der Waals surface area contributed by atoms with Crippen LogP contribution >= 0.6 is 27.7 Å². The molecule has 1 aromatic heterocycles. The molecule has 0 radical (unpaired) electrons. The second-order valence-corrected chi connectivity index (χ2v) is 6.07. The van der Waals surface area contributed by atoms with Gasteiger partial charge in [-0.1, -0.05) is 20.8 Å². The largest absolute Gasteiger partial charge is 0.372 e. The Kier molecular flexibility index (Phi) is 5.55. The van der Waals surface area contributed by atoms with Crippen LogP contribution in [0.25, 0.3) is 0 Å². The Balaban J connectivity index is 2.93. The summed E-state index contributed by atoms with van der Waals surface area (Å²) < 4.78 is 0.982. The molecule has 0 aliphatic rings. The first-order valence-electron chi connectivity index (χ1n) is 5.43. The predicted molar refractivity (Wildman–Crippen MR) is 75.1 cm³/mol. The van der Waals surface area contributed by atoms with Crippen LogP contribution in [-0.2, 0) is 12.2 Å². The van der Waals surface area contributed by atoms with Crippen molar-refractivity contribution in [3.8, 4) is 0 Å². The third-order valence-corrected chi connectivity index (χ3v) is 4.01. The van der Waals surface area contributed by atoms with Gasteiger partial charge in [-0.3, -0.25) is 0 Å². The second kappa shape index (κ2) is 6.45. The second-order valence-electron chi connectivity index (χ2n) is 3.71. The van der Waals surface area contributed by atoms with E-state index in [2.05, 4.69) is 52.0 Å². The van der Waals surface area contributed by atoms with E-state index >= 15 is 0 Å². The van der Waals surface area contributed by atoms with E-state index in [9.17, 15) is 0 Å². The lowest BCUT2D eigenvalue weighted by Crippen LogP contribution is -2.05. The molecule has 0 fully saturated rings. The Labute approximate surface area is 110 Å². The van der Waals surface area contributed by atoms with Crippen LogP contribution < -0.4 is 5.32 Å². The quantitative estimate of drug-likeness (QED) is 0.903. The minimum absolute atomic E-state index is 0.607. The molecule has 0 bridgehead atoms. The number of rotatable bonds is 5. The van der Waals surface area contributed by atoms with E-state index in [1.54, 1.807) is 0 Å². The van der Waals surface area contributed by atoms with Crippen molar-refractivity contribution < 1.29 is 0 Å². The van der Waals surface area contributed by atoms with E-state index in [0.29, 0.717) is 5.25 Å². The number of aryl methyl sites for hydroxylation is 1. The summed E-state index contributed by atoms with van der Waals surface area (Å²) in [5.74, 6) is 2.65. The van der Waals surface area contributed by atoms with Crippen molar-refractivity contribution in [2.75, 3.05) is 12.4 Å². The summed E-state index contributed by atoms with van der Waals surface area (Å²) in [5.41, 5.74) is 1.07. The highest BCUT2D eigenvalue weighted by Gasteiger charge is 2.10. The fourth-order valence-corrected chi connectivity index (χ4v) is 2.52. The van der Waals surface area contributed by atoms with Crippen molar-refractivity contribution in [1.29, 1.82) is 0 Å². The van der Waals surface area contributed by atoms with Gasteiger partial charge in [0.15, 0.2) is 0 Å². The molecule has 1 rings (SSSR count). The molecule has 90 valence electrons. The van der Waals surface area contributed by atoms with E-state index in [-0.39, 0.29) is 0 Å². The molecule has 1 heterocycles. The molecule has 0 aliphatic carbocycles.